The zero-order valence-corrected chi connectivity index (χ0v) is 11.1. The van der Waals surface area contributed by atoms with Gasteiger partial charge in [0.2, 0.25) is 0 Å². The third kappa shape index (κ3) is 4.96. The molecule has 0 saturated carbocycles. The first-order valence-corrected chi connectivity index (χ1v) is 5.82. The molecule has 13 heteroatoms. The van der Waals surface area contributed by atoms with Crippen LogP contribution < -0.4 is 5.73 Å². The molecule has 0 aliphatic heterocycles. The van der Waals surface area contributed by atoms with Gasteiger partial charge in [0.15, 0.2) is 17.5 Å². The van der Waals surface area contributed by atoms with Gasteiger partial charge in [-0.1, -0.05) is 15.5 Å². The van der Waals surface area contributed by atoms with E-state index in [1.54, 1.807) is 0 Å². The van der Waals surface area contributed by atoms with E-state index in [2.05, 4.69) is 20.7 Å². The summed E-state index contributed by atoms with van der Waals surface area (Å²) in [6.07, 6.45) is -5.61. The summed E-state index contributed by atoms with van der Waals surface area (Å²) in [4.78, 5) is 41.3. The molecule has 0 aromatic carbocycles. The van der Waals surface area contributed by atoms with Crippen molar-refractivity contribution in [1.82, 2.24) is 0 Å². The van der Waals surface area contributed by atoms with E-state index >= 15 is 0 Å². The molecule has 0 rings (SSSR count). The van der Waals surface area contributed by atoms with Gasteiger partial charge in [-0.3, -0.25) is 0 Å². The Balaban J connectivity index is 5.44. The minimum absolute atomic E-state index is 0.704. The lowest BCUT2D eigenvalue weighted by atomic mass is 9.96. The number of hydrogen-bond donors (Lipinski definition) is 5. The monoisotopic (exact) mass is 321 g/mol. The molecule has 0 bridgehead atoms. The lowest BCUT2D eigenvalue weighted by Crippen LogP contribution is -2.51. The van der Waals surface area contributed by atoms with Crippen LogP contribution in [0.25, 0.3) is 0 Å². The molecule has 0 amide bonds. The highest BCUT2D eigenvalue weighted by atomic mass is 16.3. The number of rotatable bonds is 11. The molecule has 0 aliphatic rings. The topological polar surface area (TPSA) is 225 Å². The van der Waals surface area contributed by atoms with Gasteiger partial charge in [0, 0.05) is 0 Å². The molecule has 0 aromatic rings. The number of nitroso groups, excluding NO2 is 4. The van der Waals surface area contributed by atoms with Gasteiger partial charge >= 0.3 is 0 Å². The van der Waals surface area contributed by atoms with Crippen molar-refractivity contribution >= 4 is 0 Å². The Hall–Kier alpha value is -2.22. The molecular formula is C9H15N5O8. The molecule has 124 valence electrons. The van der Waals surface area contributed by atoms with Gasteiger partial charge in [0.1, 0.15) is 25.3 Å². The minimum atomic E-state index is -2.08. The second kappa shape index (κ2) is 9.67. The first-order chi connectivity index (χ1) is 10.3. The number of nitrogens with two attached hydrogens (primary N) is 1. The largest absolute Gasteiger partial charge is 0.508 e. The molecular weight excluding hydrogens is 306 g/mol. The van der Waals surface area contributed by atoms with Gasteiger partial charge in [-0.15, -0.1) is 9.81 Å². The van der Waals surface area contributed by atoms with E-state index in [1.165, 1.54) is 0 Å². The highest BCUT2D eigenvalue weighted by Crippen LogP contribution is 2.20. The van der Waals surface area contributed by atoms with E-state index in [4.69, 9.17) is 5.73 Å². The van der Waals surface area contributed by atoms with Crippen molar-refractivity contribution in [2.75, 3.05) is 13.1 Å². The molecule has 6 N–H and O–H groups in total. The van der Waals surface area contributed by atoms with Gasteiger partial charge in [-0.2, -0.15) is 9.81 Å². The summed E-state index contributed by atoms with van der Waals surface area (Å²) in [6.45, 7) is -1.55. The van der Waals surface area contributed by atoms with Crippen LogP contribution in [-0.2, 0) is 0 Å². The van der Waals surface area contributed by atoms with Crippen LogP contribution in [0.1, 0.15) is 0 Å². The van der Waals surface area contributed by atoms with Gasteiger partial charge < -0.3 is 26.2 Å². The second-order valence-electron chi connectivity index (χ2n) is 4.19. The zero-order chi connectivity index (χ0) is 17.3. The Morgan fingerprint density at radius 1 is 1.00 bits per heavy atom. The molecule has 22 heavy (non-hydrogen) atoms. The summed E-state index contributed by atoms with van der Waals surface area (Å²) < 4.78 is 0. The number of aliphatic hydroxyl groups excluding tert-OH is 4. The van der Waals surface area contributed by atoms with Crippen molar-refractivity contribution in [2.24, 2.45) is 26.4 Å². The summed E-state index contributed by atoms with van der Waals surface area (Å²) in [7, 11) is 0. The maximum absolute atomic E-state index is 10.7. The number of nitrogens with zero attached hydrogens (tertiary/aromatic N) is 4. The molecule has 0 aromatic heterocycles. The maximum atomic E-state index is 10.7. The Morgan fingerprint density at radius 3 is 1.95 bits per heavy atom. The smallest absolute Gasteiger partial charge is 0.178 e. The van der Waals surface area contributed by atoms with E-state index in [0.29, 0.717) is 0 Å². The SMILES string of the molecule is NC(C(O)CN=O)C(O)C(N=O)/C(O)=C(/N=O)C(O)CN=O. The van der Waals surface area contributed by atoms with Crippen LogP contribution in [0.4, 0.5) is 0 Å². The van der Waals surface area contributed by atoms with Gasteiger partial charge in [0.05, 0.1) is 12.1 Å². The normalized spacial score (nSPS) is 19.1. The first-order valence-electron chi connectivity index (χ1n) is 5.82. The van der Waals surface area contributed by atoms with Gasteiger partial charge in [-0.05, 0) is 5.18 Å². The summed E-state index contributed by atoms with van der Waals surface area (Å²) >= 11 is 0. The van der Waals surface area contributed by atoms with Crippen molar-refractivity contribution in [3.05, 3.63) is 31.1 Å². The number of aliphatic hydroxyl groups is 4. The van der Waals surface area contributed by atoms with Crippen LogP contribution in [-0.4, -0.2) is 63.9 Å². The molecule has 0 heterocycles. The van der Waals surface area contributed by atoms with Crippen molar-refractivity contribution in [3.63, 3.8) is 0 Å². The first kappa shape index (κ1) is 19.8. The molecule has 0 saturated heterocycles. The molecule has 5 atom stereocenters. The fourth-order valence-electron chi connectivity index (χ4n) is 1.50. The summed E-state index contributed by atoms with van der Waals surface area (Å²) in [5.41, 5.74) is 4.32. The Labute approximate surface area is 122 Å². The summed E-state index contributed by atoms with van der Waals surface area (Å²) in [5.74, 6) is -1.24. The second-order valence-corrected chi connectivity index (χ2v) is 4.19. The average Bonchev–Trinajstić information content (AvgIpc) is 2.48. The zero-order valence-electron chi connectivity index (χ0n) is 11.1. The summed E-state index contributed by atoms with van der Waals surface area (Å²) in [5, 5.41) is 47.4. The van der Waals surface area contributed by atoms with Crippen molar-refractivity contribution in [2.45, 2.75) is 30.4 Å². The molecule has 0 fully saturated rings. The highest BCUT2D eigenvalue weighted by Gasteiger charge is 2.36. The average molecular weight is 321 g/mol. The molecule has 13 nitrogen and oxygen atoms in total. The highest BCUT2D eigenvalue weighted by molar-refractivity contribution is 5.19. The van der Waals surface area contributed by atoms with Crippen LogP contribution in [0.2, 0.25) is 0 Å². The molecule has 5 unspecified atom stereocenters. The predicted molar refractivity (Wildman–Crippen MR) is 72.4 cm³/mol. The fraction of sp³-hybridized carbons (Fsp3) is 0.778. The van der Waals surface area contributed by atoms with Crippen LogP contribution in [0.15, 0.2) is 32.2 Å². The predicted octanol–water partition coefficient (Wildman–Crippen LogP) is -1.40. The van der Waals surface area contributed by atoms with Crippen LogP contribution >= 0.6 is 0 Å². The van der Waals surface area contributed by atoms with Gasteiger partial charge in [-0.25, -0.2) is 0 Å². The van der Waals surface area contributed by atoms with Gasteiger partial charge in [0.25, 0.3) is 0 Å². The Kier molecular flexibility index (Phi) is 8.69. The lowest BCUT2D eigenvalue weighted by Gasteiger charge is -2.25. The summed E-state index contributed by atoms with van der Waals surface area (Å²) in [6, 6.07) is -3.71. The van der Waals surface area contributed by atoms with E-state index in [1.807, 2.05) is 0 Å². The van der Waals surface area contributed by atoms with Crippen molar-refractivity contribution in [3.8, 4) is 0 Å². The third-order valence-corrected chi connectivity index (χ3v) is 2.74. The minimum Gasteiger partial charge on any atom is -0.508 e. The Morgan fingerprint density at radius 2 is 1.55 bits per heavy atom. The van der Waals surface area contributed by atoms with E-state index < -0.39 is 54.9 Å². The Bertz CT molecular complexity index is 444. The molecule has 0 aliphatic carbocycles. The van der Waals surface area contributed by atoms with Crippen LogP contribution in [0, 0.1) is 19.6 Å². The van der Waals surface area contributed by atoms with Crippen LogP contribution in [0.3, 0.4) is 0 Å². The molecule has 0 spiro atoms. The van der Waals surface area contributed by atoms with Crippen LogP contribution in [0.5, 0.6) is 0 Å². The van der Waals surface area contributed by atoms with Crippen molar-refractivity contribution < 1.29 is 20.4 Å². The van der Waals surface area contributed by atoms with E-state index in [9.17, 15) is 40.1 Å². The quantitative estimate of drug-likeness (QED) is 0.222. The third-order valence-electron chi connectivity index (χ3n) is 2.74. The molecule has 0 radical (unpaired) electrons. The fourth-order valence-corrected chi connectivity index (χ4v) is 1.50. The lowest BCUT2D eigenvalue weighted by molar-refractivity contribution is 0.0435. The van der Waals surface area contributed by atoms with Crippen molar-refractivity contribution in [1.29, 1.82) is 0 Å². The van der Waals surface area contributed by atoms with E-state index in [-0.39, 0.29) is 0 Å². The number of hydrogen-bond acceptors (Lipinski definition) is 13. The van der Waals surface area contributed by atoms with E-state index in [0.717, 1.165) is 0 Å². The maximum Gasteiger partial charge on any atom is 0.178 e. The standard InChI is InChI=1S/C9H15N5O8/c10-5(3(15)1-11-19)8(17)7(14-22)9(18)6(13-21)4(16)2-12-20/h3-5,7-8,15-18H,1-2,10H2/b9-6-.